The lowest BCUT2D eigenvalue weighted by atomic mass is 9.76. The number of carbonyl (C=O) groups is 2. The van der Waals surface area contributed by atoms with Gasteiger partial charge in [0, 0.05) is 18.5 Å². The fraction of sp³-hybridized carbons (Fsp3) is 0.474. The highest BCUT2D eigenvalue weighted by molar-refractivity contribution is 5.99. The van der Waals surface area contributed by atoms with Crippen molar-refractivity contribution in [2.45, 2.75) is 18.9 Å². The number of hydrogen-bond donors (Lipinski definition) is 1. The lowest BCUT2D eigenvalue weighted by molar-refractivity contribution is -0.00665. The number of anilines is 1. The van der Waals surface area contributed by atoms with E-state index in [-0.39, 0.29) is 6.04 Å². The molecule has 4 atom stereocenters. The third-order valence-corrected chi connectivity index (χ3v) is 5.07. The van der Waals surface area contributed by atoms with Crippen LogP contribution in [-0.4, -0.2) is 49.8 Å². The molecule has 1 unspecified atom stereocenters. The molecular formula is C19H22N2O4. The Morgan fingerprint density at radius 1 is 1.40 bits per heavy atom. The zero-order valence-corrected chi connectivity index (χ0v) is 14.2. The highest BCUT2D eigenvalue weighted by atomic mass is 16.5. The van der Waals surface area contributed by atoms with E-state index in [1.54, 1.807) is 24.3 Å². The number of esters is 1. The van der Waals surface area contributed by atoms with Crippen molar-refractivity contribution >= 4 is 17.7 Å². The van der Waals surface area contributed by atoms with Crippen molar-refractivity contribution < 1.29 is 19.1 Å². The Morgan fingerprint density at radius 2 is 2.20 bits per heavy atom. The van der Waals surface area contributed by atoms with Crippen molar-refractivity contribution in [1.29, 1.82) is 0 Å². The molecule has 3 saturated heterocycles. The number of terminal acetylenes is 1. The quantitative estimate of drug-likeness (QED) is 0.672. The van der Waals surface area contributed by atoms with Crippen molar-refractivity contribution in [3.63, 3.8) is 0 Å². The molecule has 1 amide bonds. The lowest BCUT2D eigenvalue weighted by Crippen LogP contribution is -2.54. The van der Waals surface area contributed by atoms with Gasteiger partial charge in [0.05, 0.1) is 18.4 Å². The van der Waals surface area contributed by atoms with Crippen LogP contribution in [0.15, 0.2) is 24.3 Å². The van der Waals surface area contributed by atoms with Crippen molar-refractivity contribution in [3.05, 3.63) is 29.8 Å². The molecule has 1 N–H and O–H groups in total. The number of nitrogens with zero attached hydrogens (tertiary/aromatic N) is 1. The Bertz CT molecular complexity index is 697. The second-order valence-electron chi connectivity index (χ2n) is 6.47. The van der Waals surface area contributed by atoms with Crippen LogP contribution in [0, 0.1) is 24.2 Å². The van der Waals surface area contributed by atoms with Crippen LogP contribution >= 0.6 is 0 Å². The maximum atomic E-state index is 12.1. The minimum Gasteiger partial charge on any atom is -0.465 e. The molecule has 3 aliphatic rings. The molecule has 132 valence electrons. The monoisotopic (exact) mass is 342 g/mol. The normalized spacial score (nSPS) is 27.2. The Hall–Kier alpha value is -2.52. The van der Waals surface area contributed by atoms with Gasteiger partial charge in [0.15, 0.2) is 0 Å². The van der Waals surface area contributed by atoms with Crippen LogP contribution in [0.4, 0.5) is 10.5 Å². The van der Waals surface area contributed by atoms with E-state index in [9.17, 15) is 9.59 Å². The van der Waals surface area contributed by atoms with Crippen LogP contribution < -0.4 is 5.32 Å². The Labute approximate surface area is 147 Å². The van der Waals surface area contributed by atoms with E-state index < -0.39 is 12.1 Å². The fourth-order valence-electron chi connectivity index (χ4n) is 3.70. The first-order valence-electron chi connectivity index (χ1n) is 8.43. The summed E-state index contributed by atoms with van der Waals surface area (Å²) in [6.45, 7) is 2.20. The van der Waals surface area contributed by atoms with E-state index in [1.807, 2.05) is 0 Å². The predicted molar refractivity (Wildman–Crippen MR) is 93.2 cm³/mol. The van der Waals surface area contributed by atoms with E-state index in [0.29, 0.717) is 29.7 Å². The average Bonchev–Trinajstić information content (AvgIpc) is 2.66. The van der Waals surface area contributed by atoms with Gasteiger partial charge in [-0.1, -0.05) is 12.1 Å². The van der Waals surface area contributed by atoms with Crippen LogP contribution in [0.5, 0.6) is 0 Å². The van der Waals surface area contributed by atoms with Crippen LogP contribution in [0.25, 0.3) is 0 Å². The molecule has 0 radical (unpaired) electrons. The maximum absolute atomic E-state index is 12.1. The van der Waals surface area contributed by atoms with Gasteiger partial charge in [0.25, 0.3) is 0 Å². The summed E-state index contributed by atoms with van der Waals surface area (Å²) in [7, 11) is 1.30. The third-order valence-electron chi connectivity index (χ3n) is 5.07. The summed E-state index contributed by atoms with van der Waals surface area (Å²) >= 11 is 0. The first kappa shape index (κ1) is 17.3. The van der Waals surface area contributed by atoms with Crippen molar-refractivity contribution in [2.75, 3.05) is 32.1 Å². The fourth-order valence-corrected chi connectivity index (χ4v) is 3.70. The van der Waals surface area contributed by atoms with E-state index in [2.05, 4.69) is 16.1 Å². The molecule has 2 bridgehead atoms. The molecule has 0 aromatic heterocycles. The number of methoxy groups -OCH3 is 1. The Kier molecular flexibility index (Phi) is 5.25. The minimum atomic E-state index is -0.576. The smallest absolute Gasteiger partial charge is 0.411 e. The molecule has 6 nitrogen and oxygen atoms in total. The summed E-state index contributed by atoms with van der Waals surface area (Å²) < 4.78 is 10.1. The van der Waals surface area contributed by atoms with E-state index in [1.165, 1.54) is 7.11 Å². The SMILES string of the molecule is C#C[C@H]1CN2CC[C@H]1C[C@@H]2COC(=O)Nc1ccccc1C(=O)OC. The number of piperidine rings is 3. The summed E-state index contributed by atoms with van der Waals surface area (Å²) in [6.07, 6.45) is 7.08. The van der Waals surface area contributed by atoms with Gasteiger partial charge in [0.1, 0.15) is 6.61 Å². The van der Waals surface area contributed by atoms with Crippen molar-refractivity contribution in [2.24, 2.45) is 11.8 Å². The molecule has 1 aromatic carbocycles. The zero-order valence-electron chi connectivity index (χ0n) is 14.2. The van der Waals surface area contributed by atoms with Gasteiger partial charge < -0.3 is 9.47 Å². The van der Waals surface area contributed by atoms with Crippen molar-refractivity contribution in [1.82, 2.24) is 4.90 Å². The highest BCUT2D eigenvalue weighted by Gasteiger charge is 2.39. The number of nitrogens with one attached hydrogen (secondary N) is 1. The van der Waals surface area contributed by atoms with Gasteiger partial charge in [-0.3, -0.25) is 10.2 Å². The summed E-state index contributed by atoms with van der Waals surface area (Å²) in [4.78, 5) is 26.1. The molecule has 3 fully saturated rings. The Morgan fingerprint density at radius 3 is 2.88 bits per heavy atom. The Balaban J connectivity index is 1.55. The van der Waals surface area contributed by atoms with E-state index in [4.69, 9.17) is 15.9 Å². The number of amides is 1. The number of ether oxygens (including phenoxy) is 2. The number of benzene rings is 1. The molecule has 1 aromatic rings. The summed E-state index contributed by atoms with van der Waals surface area (Å²) in [5.74, 6) is 3.19. The van der Waals surface area contributed by atoms with Gasteiger partial charge in [0.2, 0.25) is 0 Å². The molecule has 0 saturated carbocycles. The molecule has 3 aliphatic heterocycles. The molecule has 6 heteroatoms. The first-order chi connectivity index (χ1) is 12.1. The van der Waals surface area contributed by atoms with Crippen LogP contribution in [-0.2, 0) is 9.47 Å². The van der Waals surface area contributed by atoms with Crippen LogP contribution in [0.3, 0.4) is 0 Å². The maximum Gasteiger partial charge on any atom is 0.411 e. The highest BCUT2D eigenvalue weighted by Crippen LogP contribution is 2.35. The van der Waals surface area contributed by atoms with E-state index in [0.717, 1.165) is 25.9 Å². The molecule has 3 heterocycles. The summed E-state index contributed by atoms with van der Waals surface area (Å²) in [5, 5.41) is 2.62. The first-order valence-corrected chi connectivity index (χ1v) is 8.43. The van der Waals surface area contributed by atoms with Gasteiger partial charge >= 0.3 is 12.1 Å². The number of rotatable bonds is 4. The average molecular weight is 342 g/mol. The van der Waals surface area contributed by atoms with Crippen molar-refractivity contribution in [3.8, 4) is 12.3 Å². The van der Waals surface area contributed by atoms with Gasteiger partial charge in [-0.25, -0.2) is 9.59 Å². The molecule has 0 spiro atoms. The number of para-hydroxylation sites is 1. The second-order valence-corrected chi connectivity index (χ2v) is 6.47. The van der Waals surface area contributed by atoms with E-state index >= 15 is 0 Å². The van der Waals surface area contributed by atoms with Crippen LogP contribution in [0.2, 0.25) is 0 Å². The second kappa shape index (κ2) is 7.58. The lowest BCUT2D eigenvalue weighted by Gasteiger charge is -2.48. The largest absolute Gasteiger partial charge is 0.465 e. The molecule has 4 rings (SSSR count). The summed E-state index contributed by atoms with van der Waals surface area (Å²) in [6, 6.07) is 6.87. The molecular weight excluding hydrogens is 320 g/mol. The number of fused-ring (bicyclic) bond motifs is 3. The predicted octanol–water partition coefficient (Wildman–Crippen LogP) is 2.37. The minimum absolute atomic E-state index is 0.213. The topological polar surface area (TPSA) is 67.9 Å². The van der Waals surface area contributed by atoms with Gasteiger partial charge in [-0.15, -0.1) is 12.3 Å². The number of hydrogen-bond acceptors (Lipinski definition) is 5. The number of carbonyl (C=O) groups excluding carboxylic acids is 2. The molecule has 0 aliphatic carbocycles. The van der Waals surface area contributed by atoms with Gasteiger partial charge in [-0.05, 0) is 37.4 Å². The standard InChI is InChI=1S/C19H22N2O4/c1-3-13-11-21-9-8-14(13)10-15(21)12-25-19(23)20-17-7-5-4-6-16(17)18(22)24-2/h1,4-7,13-15H,8-12H2,2H3,(H,20,23)/t13-,14-,15+/m0/s1. The third kappa shape index (κ3) is 3.77. The van der Waals surface area contributed by atoms with Gasteiger partial charge in [-0.2, -0.15) is 0 Å². The molecule has 25 heavy (non-hydrogen) atoms. The van der Waals surface area contributed by atoms with Crippen LogP contribution in [0.1, 0.15) is 23.2 Å². The summed E-state index contributed by atoms with van der Waals surface area (Å²) in [5.41, 5.74) is 0.663. The zero-order chi connectivity index (χ0) is 17.8.